The van der Waals surface area contributed by atoms with Gasteiger partial charge in [0.2, 0.25) is 0 Å². The number of anilines is 1. The van der Waals surface area contributed by atoms with Crippen molar-refractivity contribution in [3.63, 3.8) is 0 Å². The Balaban J connectivity index is 2.79. The van der Waals surface area contributed by atoms with Crippen LogP contribution in [0.2, 0.25) is 0 Å². The van der Waals surface area contributed by atoms with E-state index in [1.165, 1.54) is 12.1 Å². The molecule has 4 nitrogen and oxygen atoms in total. The van der Waals surface area contributed by atoms with Crippen molar-refractivity contribution < 1.29 is 19.0 Å². The summed E-state index contributed by atoms with van der Waals surface area (Å²) in [6.07, 6.45) is 0.840. The molecule has 1 rings (SSSR count). The molecule has 0 amide bonds. The number of nitrogens with one attached hydrogen (secondary N) is 1. The minimum atomic E-state index is -1.16. The lowest BCUT2D eigenvalue weighted by Crippen LogP contribution is -2.25. The average molecular weight is 348 g/mol. The summed E-state index contributed by atoms with van der Waals surface area (Å²) in [5, 5.41) is 11.9. The van der Waals surface area contributed by atoms with Crippen LogP contribution in [0.25, 0.3) is 0 Å². The second-order valence-corrected chi connectivity index (χ2v) is 6.15. The molecule has 0 atom stereocenters. The smallest absolute Gasteiger partial charge is 0.336 e. The second-order valence-electron chi connectivity index (χ2n) is 5.35. The first-order valence-electron chi connectivity index (χ1n) is 6.22. The van der Waals surface area contributed by atoms with Crippen molar-refractivity contribution in [3.05, 3.63) is 28.0 Å². The van der Waals surface area contributed by atoms with Crippen LogP contribution in [-0.2, 0) is 4.74 Å². The summed E-state index contributed by atoms with van der Waals surface area (Å²) in [7, 11) is 1.64. The van der Waals surface area contributed by atoms with E-state index in [0.717, 1.165) is 6.42 Å². The highest BCUT2D eigenvalue weighted by Gasteiger charge is 2.20. The number of carbonyl (C=O) groups is 1. The topological polar surface area (TPSA) is 58.6 Å². The van der Waals surface area contributed by atoms with Gasteiger partial charge in [-0.3, -0.25) is 0 Å². The van der Waals surface area contributed by atoms with Gasteiger partial charge in [-0.1, -0.05) is 13.8 Å². The lowest BCUT2D eigenvalue weighted by molar-refractivity contribution is 0.0695. The molecule has 112 valence electrons. The highest BCUT2D eigenvalue weighted by Crippen LogP contribution is 2.28. The Hall–Kier alpha value is -1.14. The van der Waals surface area contributed by atoms with Gasteiger partial charge in [0.25, 0.3) is 0 Å². The number of benzene rings is 1. The zero-order valence-electron chi connectivity index (χ0n) is 11.8. The number of ether oxygens (including phenoxy) is 1. The van der Waals surface area contributed by atoms with Crippen LogP contribution in [0, 0.1) is 11.2 Å². The van der Waals surface area contributed by atoms with Crippen LogP contribution in [0.5, 0.6) is 0 Å². The normalized spacial score (nSPS) is 11.4. The maximum Gasteiger partial charge on any atom is 0.336 e. The molecule has 1 aromatic carbocycles. The molecule has 0 aliphatic carbocycles. The summed E-state index contributed by atoms with van der Waals surface area (Å²) < 4.78 is 19.1. The third-order valence-electron chi connectivity index (χ3n) is 3.05. The van der Waals surface area contributed by atoms with E-state index in [-0.39, 0.29) is 21.1 Å². The molecule has 2 N–H and O–H groups in total. The molecule has 0 heterocycles. The zero-order valence-corrected chi connectivity index (χ0v) is 13.4. The van der Waals surface area contributed by atoms with Gasteiger partial charge >= 0.3 is 5.97 Å². The van der Waals surface area contributed by atoms with Gasteiger partial charge in [-0.05, 0) is 39.9 Å². The number of hydrogen-bond donors (Lipinski definition) is 2. The molecular formula is C14H19BrFNO3. The number of hydrogen-bond acceptors (Lipinski definition) is 3. The molecule has 0 aromatic heterocycles. The molecule has 0 spiro atoms. The Kier molecular flexibility index (Phi) is 5.95. The van der Waals surface area contributed by atoms with Gasteiger partial charge in [-0.25, -0.2) is 9.18 Å². The summed E-state index contributed by atoms with van der Waals surface area (Å²) in [5.41, 5.74) is 0.138. The van der Waals surface area contributed by atoms with Crippen molar-refractivity contribution in [2.45, 2.75) is 20.3 Å². The Labute approximate surface area is 126 Å². The molecule has 0 saturated carbocycles. The summed E-state index contributed by atoms with van der Waals surface area (Å²) in [4.78, 5) is 10.9. The minimum absolute atomic E-state index is 0.0373. The van der Waals surface area contributed by atoms with Crippen molar-refractivity contribution in [2.75, 3.05) is 25.6 Å². The summed E-state index contributed by atoms with van der Waals surface area (Å²) >= 11 is 2.98. The summed E-state index contributed by atoms with van der Waals surface area (Å²) in [5.74, 6) is -1.75. The van der Waals surface area contributed by atoms with Gasteiger partial charge in [0.05, 0.1) is 15.7 Å². The van der Waals surface area contributed by atoms with Crippen LogP contribution >= 0.6 is 15.9 Å². The quantitative estimate of drug-likeness (QED) is 0.788. The van der Waals surface area contributed by atoms with Gasteiger partial charge < -0.3 is 15.2 Å². The highest BCUT2D eigenvalue weighted by atomic mass is 79.9. The molecule has 0 unspecified atom stereocenters. The lowest BCUT2D eigenvalue weighted by Gasteiger charge is -2.25. The van der Waals surface area contributed by atoms with E-state index in [1.807, 2.05) is 0 Å². The SMILES string of the molecule is COCCC(C)(C)CNc1ccc(C(=O)O)c(Br)c1F. The van der Waals surface area contributed by atoms with E-state index in [9.17, 15) is 9.18 Å². The largest absolute Gasteiger partial charge is 0.478 e. The fourth-order valence-electron chi connectivity index (χ4n) is 1.65. The predicted octanol–water partition coefficient (Wildman–Crippen LogP) is 3.76. The van der Waals surface area contributed by atoms with E-state index < -0.39 is 11.8 Å². The van der Waals surface area contributed by atoms with Crippen LogP contribution < -0.4 is 5.32 Å². The third-order valence-corrected chi connectivity index (χ3v) is 3.83. The molecule has 0 aliphatic heterocycles. The van der Waals surface area contributed by atoms with Crippen LogP contribution in [0.3, 0.4) is 0 Å². The monoisotopic (exact) mass is 347 g/mol. The fourth-order valence-corrected chi connectivity index (χ4v) is 2.17. The van der Waals surface area contributed by atoms with Gasteiger partial charge in [-0.2, -0.15) is 0 Å². The number of methoxy groups -OCH3 is 1. The third kappa shape index (κ3) is 4.45. The number of aromatic carboxylic acids is 1. The summed E-state index contributed by atoms with van der Waals surface area (Å²) in [6.45, 7) is 5.31. The lowest BCUT2D eigenvalue weighted by atomic mass is 9.89. The fraction of sp³-hybridized carbons (Fsp3) is 0.500. The molecular weight excluding hydrogens is 329 g/mol. The van der Waals surface area contributed by atoms with E-state index in [1.54, 1.807) is 7.11 Å². The van der Waals surface area contributed by atoms with E-state index in [0.29, 0.717) is 13.2 Å². The maximum atomic E-state index is 14.1. The number of halogens is 2. The van der Waals surface area contributed by atoms with Crippen LogP contribution in [-0.4, -0.2) is 31.3 Å². The number of carboxylic acids is 1. The molecule has 0 fully saturated rings. The van der Waals surface area contributed by atoms with Crippen molar-refractivity contribution >= 4 is 27.6 Å². The molecule has 1 aromatic rings. The highest BCUT2D eigenvalue weighted by molar-refractivity contribution is 9.10. The molecule has 0 aliphatic rings. The molecule has 0 bridgehead atoms. The van der Waals surface area contributed by atoms with Crippen molar-refractivity contribution in [1.82, 2.24) is 0 Å². The predicted molar refractivity (Wildman–Crippen MR) is 79.8 cm³/mol. The van der Waals surface area contributed by atoms with Crippen molar-refractivity contribution in [3.8, 4) is 0 Å². The van der Waals surface area contributed by atoms with E-state index in [2.05, 4.69) is 35.1 Å². The molecule has 0 radical (unpaired) electrons. The Morgan fingerprint density at radius 3 is 2.70 bits per heavy atom. The van der Waals surface area contributed by atoms with Crippen LogP contribution in [0.1, 0.15) is 30.6 Å². The van der Waals surface area contributed by atoms with E-state index >= 15 is 0 Å². The van der Waals surface area contributed by atoms with Gasteiger partial charge in [0.15, 0.2) is 5.82 Å². The number of rotatable bonds is 7. The van der Waals surface area contributed by atoms with Gasteiger partial charge in [-0.15, -0.1) is 0 Å². The second kappa shape index (κ2) is 7.04. The Morgan fingerprint density at radius 1 is 1.50 bits per heavy atom. The molecule has 6 heteroatoms. The standard InChI is InChI=1S/C14H19BrFNO3/c1-14(2,6-7-20-3)8-17-10-5-4-9(13(18)19)11(15)12(10)16/h4-5,17H,6-8H2,1-3H3,(H,18,19). The van der Waals surface area contributed by atoms with Crippen molar-refractivity contribution in [2.24, 2.45) is 5.41 Å². The molecule has 20 heavy (non-hydrogen) atoms. The maximum absolute atomic E-state index is 14.1. The first-order valence-corrected chi connectivity index (χ1v) is 7.02. The van der Waals surface area contributed by atoms with Crippen LogP contribution in [0.15, 0.2) is 16.6 Å². The summed E-state index contributed by atoms with van der Waals surface area (Å²) in [6, 6.07) is 2.82. The van der Waals surface area contributed by atoms with Gasteiger partial charge in [0, 0.05) is 20.3 Å². The number of carboxylic acid groups (broad SMARTS) is 1. The van der Waals surface area contributed by atoms with E-state index in [4.69, 9.17) is 9.84 Å². The Morgan fingerprint density at radius 2 is 2.15 bits per heavy atom. The Bertz CT molecular complexity index is 492. The molecule has 0 saturated heterocycles. The first-order chi connectivity index (χ1) is 9.28. The zero-order chi connectivity index (χ0) is 15.3. The van der Waals surface area contributed by atoms with Crippen molar-refractivity contribution in [1.29, 1.82) is 0 Å². The minimum Gasteiger partial charge on any atom is -0.478 e. The van der Waals surface area contributed by atoms with Gasteiger partial charge in [0.1, 0.15) is 0 Å². The average Bonchev–Trinajstić information content (AvgIpc) is 2.38. The van der Waals surface area contributed by atoms with Crippen LogP contribution in [0.4, 0.5) is 10.1 Å². The first kappa shape index (κ1) is 16.9.